The molecule has 0 amide bonds. The predicted octanol–water partition coefficient (Wildman–Crippen LogP) is 2.88. The fourth-order valence-corrected chi connectivity index (χ4v) is 2.96. The van der Waals surface area contributed by atoms with Gasteiger partial charge in [0.05, 0.1) is 0 Å². The van der Waals surface area contributed by atoms with Crippen molar-refractivity contribution in [2.75, 3.05) is 6.54 Å². The van der Waals surface area contributed by atoms with Gasteiger partial charge in [0, 0.05) is 5.92 Å². The maximum atomic E-state index is 5.86. The van der Waals surface area contributed by atoms with E-state index in [0.717, 1.165) is 24.5 Å². The standard InChI is InChI=1S/C16H21N3O2/c17-10-12-6-4-5-9-14(12)16-18-15(19-21-16)11-20-13-7-2-1-3-8-13/h1-3,7-8,12,14H,4-6,9-11,17H2. The van der Waals surface area contributed by atoms with Crippen molar-refractivity contribution in [2.45, 2.75) is 38.2 Å². The van der Waals surface area contributed by atoms with Gasteiger partial charge in [-0.15, -0.1) is 0 Å². The first-order valence-electron chi connectivity index (χ1n) is 7.57. The molecular weight excluding hydrogens is 266 g/mol. The number of hydrogen-bond donors (Lipinski definition) is 1. The van der Waals surface area contributed by atoms with E-state index in [1.165, 1.54) is 12.8 Å². The molecule has 112 valence electrons. The summed E-state index contributed by atoms with van der Waals surface area (Å²) in [5.41, 5.74) is 5.86. The lowest BCUT2D eigenvalue weighted by Crippen LogP contribution is -2.25. The van der Waals surface area contributed by atoms with Crippen LogP contribution >= 0.6 is 0 Å². The summed E-state index contributed by atoms with van der Waals surface area (Å²) in [5.74, 6) is 2.89. The van der Waals surface area contributed by atoms with Gasteiger partial charge in [-0.05, 0) is 37.4 Å². The molecule has 1 saturated carbocycles. The Hall–Kier alpha value is -1.88. The summed E-state index contributed by atoms with van der Waals surface area (Å²) < 4.78 is 11.1. The SMILES string of the molecule is NCC1CCCCC1c1nc(COc2ccccc2)no1. The topological polar surface area (TPSA) is 74.2 Å². The van der Waals surface area contributed by atoms with Crippen LogP contribution in [0.25, 0.3) is 0 Å². The molecule has 1 aromatic heterocycles. The summed E-state index contributed by atoms with van der Waals surface area (Å²) in [6.45, 7) is 1.01. The first-order valence-corrected chi connectivity index (χ1v) is 7.57. The van der Waals surface area contributed by atoms with Crippen molar-refractivity contribution < 1.29 is 9.26 Å². The van der Waals surface area contributed by atoms with Crippen LogP contribution in [0.2, 0.25) is 0 Å². The Bertz CT molecular complexity index is 556. The number of aromatic nitrogens is 2. The molecule has 2 aromatic rings. The van der Waals surface area contributed by atoms with Crippen molar-refractivity contribution in [1.82, 2.24) is 10.1 Å². The molecular formula is C16H21N3O2. The van der Waals surface area contributed by atoms with E-state index in [2.05, 4.69) is 10.1 Å². The maximum absolute atomic E-state index is 5.86. The highest BCUT2D eigenvalue weighted by Crippen LogP contribution is 2.36. The zero-order chi connectivity index (χ0) is 14.5. The number of nitrogens with two attached hydrogens (primary N) is 1. The first kappa shape index (κ1) is 14.1. The molecule has 1 aliphatic rings. The Kier molecular flexibility index (Phi) is 4.50. The van der Waals surface area contributed by atoms with Gasteiger partial charge in [-0.3, -0.25) is 0 Å². The Morgan fingerprint density at radius 3 is 2.81 bits per heavy atom. The summed E-state index contributed by atoms with van der Waals surface area (Å²) in [4.78, 5) is 4.49. The van der Waals surface area contributed by atoms with Crippen LogP contribution in [0.15, 0.2) is 34.9 Å². The van der Waals surface area contributed by atoms with Crippen LogP contribution in [-0.2, 0) is 6.61 Å². The average Bonchev–Trinajstić information content (AvgIpc) is 3.02. The van der Waals surface area contributed by atoms with E-state index >= 15 is 0 Å². The number of nitrogens with zero attached hydrogens (tertiary/aromatic N) is 2. The van der Waals surface area contributed by atoms with E-state index < -0.39 is 0 Å². The number of benzene rings is 1. The largest absolute Gasteiger partial charge is 0.485 e. The molecule has 21 heavy (non-hydrogen) atoms. The lowest BCUT2D eigenvalue weighted by molar-refractivity contribution is 0.246. The molecule has 1 aromatic carbocycles. The van der Waals surface area contributed by atoms with Crippen molar-refractivity contribution >= 4 is 0 Å². The summed E-state index contributed by atoms with van der Waals surface area (Å²) in [7, 11) is 0. The minimum absolute atomic E-state index is 0.307. The molecule has 0 bridgehead atoms. The van der Waals surface area contributed by atoms with Gasteiger partial charge in [-0.1, -0.05) is 36.2 Å². The third kappa shape index (κ3) is 3.42. The van der Waals surface area contributed by atoms with E-state index in [4.69, 9.17) is 15.0 Å². The second kappa shape index (κ2) is 6.72. The van der Waals surface area contributed by atoms with Crippen molar-refractivity contribution in [3.05, 3.63) is 42.0 Å². The minimum atomic E-state index is 0.307. The third-order valence-electron chi connectivity index (χ3n) is 4.12. The normalized spacial score (nSPS) is 22.1. The molecule has 0 spiro atoms. The van der Waals surface area contributed by atoms with Gasteiger partial charge in [0.15, 0.2) is 6.61 Å². The van der Waals surface area contributed by atoms with Crippen LogP contribution in [0.5, 0.6) is 5.75 Å². The molecule has 0 aliphatic heterocycles. The van der Waals surface area contributed by atoms with Crippen LogP contribution in [0, 0.1) is 5.92 Å². The van der Waals surface area contributed by atoms with Gasteiger partial charge in [-0.2, -0.15) is 4.98 Å². The average molecular weight is 287 g/mol. The fraction of sp³-hybridized carbons (Fsp3) is 0.500. The molecule has 3 rings (SSSR count). The molecule has 1 heterocycles. The predicted molar refractivity (Wildman–Crippen MR) is 78.8 cm³/mol. The van der Waals surface area contributed by atoms with Crippen LogP contribution in [0.3, 0.4) is 0 Å². The monoisotopic (exact) mass is 287 g/mol. The van der Waals surface area contributed by atoms with Gasteiger partial charge in [0.25, 0.3) is 0 Å². The van der Waals surface area contributed by atoms with Crippen LogP contribution in [-0.4, -0.2) is 16.7 Å². The quantitative estimate of drug-likeness (QED) is 0.915. The van der Waals surface area contributed by atoms with E-state index in [9.17, 15) is 0 Å². The molecule has 1 fully saturated rings. The van der Waals surface area contributed by atoms with E-state index in [1.54, 1.807) is 0 Å². The van der Waals surface area contributed by atoms with Gasteiger partial charge in [0.2, 0.25) is 11.7 Å². The molecule has 5 nitrogen and oxygen atoms in total. The molecule has 2 atom stereocenters. The van der Waals surface area contributed by atoms with Gasteiger partial charge >= 0.3 is 0 Å². The van der Waals surface area contributed by atoms with Crippen molar-refractivity contribution in [3.8, 4) is 5.75 Å². The number of para-hydroxylation sites is 1. The zero-order valence-electron chi connectivity index (χ0n) is 12.1. The zero-order valence-corrected chi connectivity index (χ0v) is 12.1. The second-order valence-electron chi connectivity index (χ2n) is 5.54. The van der Waals surface area contributed by atoms with E-state index in [1.807, 2.05) is 30.3 Å². The summed E-state index contributed by atoms with van der Waals surface area (Å²) >= 11 is 0. The highest BCUT2D eigenvalue weighted by atomic mass is 16.5. The van der Waals surface area contributed by atoms with Gasteiger partial charge in [-0.25, -0.2) is 0 Å². The molecule has 2 unspecified atom stereocenters. The first-order chi connectivity index (χ1) is 10.4. The lowest BCUT2D eigenvalue weighted by Gasteiger charge is -2.27. The number of ether oxygens (including phenoxy) is 1. The van der Waals surface area contributed by atoms with Gasteiger partial charge in [0.1, 0.15) is 5.75 Å². The molecule has 2 N–H and O–H groups in total. The summed E-state index contributed by atoms with van der Waals surface area (Å²) in [6.07, 6.45) is 4.69. The molecule has 0 radical (unpaired) electrons. The Morgan fingerprint density at radius 1 is 1.19 bits per heavy atom. The van der Waals surface area contributed by atoms with Crippen LogP contribution in [0.1, 0.15) is 43.3 Å². The fourth-order valence-electron chi connectivity index (χ4n) is 2.96. The highest BCUT2D eigenvalue weighted by molar-refractivity contribution is 5.21. The van der Waals surface area contributed by atoms with Crippen LogP contribution in [0.4, 0.5) is 0 Å². The molecule has 0 saturated heterocycles. The summed E-state index contributed by atoms with van der Waals surface area (Å²) in [5, 5.41) is 4.02. The van der Waals surface area contributed by atoms with Crippen molar-refractivity contribution in [2.24, 2.45) is 11.7 Å². The number of rotatable bonds is 5. The van der Waals surface area contributed by atoms with Gasteiger partial charge < -0.3 is 15.0 Å². The Morgan fingerprint density at radius 2 is 2.00 bits per heavy atom. The highest BCUT2D eigenvalue weighted by Gasteiger charge is 2.29. The van der Waals surface area contributed by atoms with E-state index in [0.29, 0.717) is 30.8 Å². The van der Waals surface area contributed by atoms with Crippen LogP contribution < -0.4 is 10.5 Å². The Labute approximate surface area is 124 Å². The van der Waals surface area contributed by atoms with E-state index in [-0.39, 0.29) is 0 Å². The third-order valence-corrected chi connectivity index (χ3v) is 4.12. The second-order valence-corrected chi connectivity index (χ2v) is 5.54. The van der Waals surface area contributed by atoms with Crippen molar-refractivity contribution in [1.29, 1.82) is 0 Å². The molecule has 5 heteroatoms. The Balaban J connectivity index is 1.63. The number of hydrogen-bond acceptors (Lipinski definition) is 5. The maximum Gasteiger partial charge on any atom is 0.230 e. The smallest absolute Gasteiger partial charge is 0.230 e. The molecule has 1 aliphatic carbocycles. The van der Waals surface area contributed by atoms with Crippen molar-refractivity contribution in [3.63, 3.8) is 0 Å². The lowest BCUT2D eigenvalue weighted by atomic mass is 9.79. The summed E-state index contributed by atoms with van der Waals surface area (Å²) in [6, 6.07) is 9.64. The minimum Gasteiger partial charge on any atom is -0.485 e.